The molecule has 0 aliphatic heterocycles. The van der Waals surface area contributed by atoms with E-state index in [0.717, 1.165) is 25.3 Å². The van der Waals surface area contributed by atoms with Crippen molar-refractivity contribution in [1.29, 1.82) is 0 Å². The first-order chi connectivity index (χ1) is 9.31. The van der Waals surface area contributed by atoms with Crippen molar-refractivity contribution in [1.82, 2.24) is 4.90 Å². The van der Waals surface area contributed by atoms with E-state index >= 15 is 0 Å². The van der Waals surface area contributed by atoms with Crippen LogP contribution >= 0.6 is 0 Å². The smallest absolute Gasteiger partial charge is 0.161 e. The molecular formula is C16H27N3O. The maximum atomic E-state index is 11.6. The highest BCUT2D eigenvalue weighted by molar-refractivity contribution is 6.00. The lowest BCUT2D eigenvalue weighted by molar-refractivity contribution is 0.101. The lowest BCUT2D eigenvalue weighted by Gasteiger charge is -2.28. The largest absolute Gasteiger partial charge is 0.398 e. The summed E-state index contributed by atoms with van der Waals surface area (Å²) in [6.07, 6.45) is 0. The Kier molecular flexibility index (Phi) is 6.02. The number of hydrogen-bond acceptors (Lipinski definition) is 4. The fourth-order valence-corrected chi connectivity index (χ4v) is 2.13. The van der Waals surface area contributed by atoms with Gasteiger partial charge in [0.05, 0.1) is 0 Å². The van der Waals surface area contributed by atoms with E-state index < -0.39 is 0 Å². The zero-order valence-corrected chi connectivity index (χ0v) is 13.3. The molecule has 0 bridgehead atoms. The average molecular weight is 277 g/mol. The highest BCUT2D eigenvalue weighted by Crippen LogP contribution is 2.22. The fourth-order valence-electron chi connectivity index (χ4n) is 2.13. The first-order valence-electron chi connectivity index (χ1n) is 7.11. The van der Waals surface area contributed by atoms with Gasteiger partial charge in [0, 0.05) is 36.6 Å². The normalized spacial score (nSPS) is 11.2. The van der Waals surface area contributed by atoms with E-state index in [2.05, 4.69) is 37.7 Å². The number of nitrogens with two attached hydrogens (primary N) is 1. The van der Waals surface area contributed by atoms with Crippen molar-refractivity contribution in [3.8, 4) is 0 Å². The van der Waals surface area contributed by atoms with Gasteiger partial charge in [-0.25, -0.2) is 0 Å². The van der Waals surface area contributed by atoms with Gasteiger partial charge >= 0.3 is 0 Å². The number of nitrogen functional groups attached to an aromatic ring is 1. The summed E-state index contributed by atoms with van der Waals surface area (Å²) >= 11 is 0. The molecular weight excluding hydrogens is 250 g/mol. The standard InChI is InChI=1S/C16H27N3O/c1-12(2)11-19(9-8-18(4)5)14-6-7-16(17)15(10-14)13(3)20/h6-7,10,12H,8-9,11,17H2,1-5H3. The molecule has 0 aromatic heterocycles. The van der Waals surface area contributed by atoms with Crippen molar-refractivity contribution in [3.05, 3.63) is 23.8 Å². The van der Waals surface area contributed by atoms with Crippen molar-refractivity contribution in [2.45, 2.75) is 20.8 Å². The van der Waals surface area contributed by atoms with Crippen LogP contribution in [0.4, 0.5) is 11.4 Å². The van der Waals surface area contributed by atoms with Crippen molar-refractivity contribution < 1.29 is 4.79 Å². The number of benzene rings is 1. The molecule has 0 aliphatic rings. The third-order valence-corrected chi connectivity index (χ3v) is 3.18. The minimum Gasteiger partial charge on any atom is -0.398 e. The van der Waals surface area contributed by atoms with E-state index in [4.69, 9.17) is 5.73 Å². The van der Waals surface area contributed by atoms with Crippen LogP contribution in [0.2, 0.25) is 0 Å². The Morgan fingerprint density at radius 1 is 1.25 bits per heavy atom. The van der Waals surface area contributed by atoms with E-state index in [1.54, 1.807) is 6.92 Å². The Hall–Kier alpha value is -1.55. The predicted molar refractivity (Wildman–Crippen MR) is 86.5 cm³/mol. The van der Waals surface area contributed by atoms with Crippen molar-refractivity contribution in [2.75, 3.05) is 44.4 Å². The molecule has 0 aliphatic carbocycles. The number of hydrogen-bond donors (Lipinski definition) is 1. The van der Waals surface area contributed by atoms with E-state index in [9.17, 15) is 4.79 Å². The molecule has 0 fully saturated rings. The number of carbonyl (C=O) groups excluding carboxylic acids is 1. The second-order valence-electron chi connectivity index (χ2n) is 5.97. The summed E-state index contributed by atoms with van der Waals surface area (Å²) in [5.41, 5.74) is 8.10. The van der Waals surface area contributed by atoms with Gasteiger partial charge in [-0.3, -0.25) is 4.79 Å². The molecule has 0 unspecified atom stereocenters. The summed E-state index contributed by atoms with van der Waals surface area (Å²) in [4.78, 5) is 16.1. The van der Waals surface area contributed by atoms with Crippen LogP contribution in [-0.2, 0) is 0 Å². The number of Topliss-reactive ketones (excluding diaryl/α,β-unsaturated/α-hetero) is 1. The van der Waals surface area contributed by atoms with E-state index in [1.165, 1.54) is 0 Å². The summed E-state index contributed by atoms with van der Waals surface area (Å²) < 4.78 is 0. The lowest BCUT2D eigenvalue weighted by Crippen LogP contribution is -2.34. The zero-order valence-electron chi connectivity index (χ0n) is 13.3. The fraction of sp³-hybridized carbons (Fsp3) is 0.562. The molecule has 1 rings (SSSR count). The molecule has 0 saturated heterocycles. The van der Waals surface area contributed by atoms with Crippen LogP contribution in [0.15, 0.2) is 18.2 Å². The maximum absolute atomic E-state index is 11.6. The van der Waals surface area contributed by atoms with Gasteiger partial charge in [-0.1, -0.05) is 13.8 Å². The minimum absolute atomic E-state index is 0.0152. The molecule has 0 atom stereocenters. The Morgan fingerprint density at radius 3 is 2.40 bits per heavy atom. The lowest BCUT2D eigenvalue weighted by atomic mass is 10.1. The summed E-state index contributed by atoms with van der Waals surface area (Å²) in [7, 11) is 4.13. The van der Waals surface area contributed by atoms with Gasteiger partial charge in [0.15, 0.2) is 5.78 Å². The van der Waals surface area contributed by atoms with Gasteiger partial charge in [0.2, 0.25) is 0 Å². The summed E-state index contributed by atoms with van der Waals surface area (Å²) in [6.45, 7) is 8.84. The van der Waals surface area contributed by atoms with Crippen LogP contribution in [0, 0.1) is 5.92 Å². The molecule has 0 radical (unpaired) electrons. The second-order valence-corrected chi connectivity index (χ2v) is 5.97. The van der Waals surface area contributed by atoms with E-state index in [0.29, 0.717) is 17.2 Å². The topological polar surface area (TPSA) is 49.6 Å². The van der Waals surface area contributed by atoms with Crippen molar-refractivity contribution in [3.63, 3.8) is 0 Å². The SMILES string of the molecule is CC(=O)c1cc(N(CCN(C)C)CC(C)C)ccc1N. The van der Waals surface area contributed by atoms with Crippen LogP contribution in [0.25, 0.3) is 0 Å². The summed E-state index contributed by atoms with van der Waals surface area (Å²) in [6, 6.07) is 5.74. The third-order valence-electron chi connectivity index (χ3n) is 3.18. The Morgan fingerprint density at radius 2 is 1.90 bits per heavy atom. The molecule has 112 valence electrons. The second kappa shape index (κ2) is 7.29. The number of rotatable bonds is 7. The quantitative estimate of drug-likeness (QED) is 0.614. The summed E-state index contributed by atoms with van der Waals surface area (Å²) in [5, 5.41) is 0. The third kappa shape index (κ3) is 4.85. The number of carbonyl (C=O) groups is 1. The molecule has 2 N–H and O–H groups in total. The maximum Gasteiger partial charge on any atom is 0.161 e. The number of anilines is 2. The van der Waals surface area contributed by atoms with Gasteiger partial charge in [-0.05, 0) is 45.1 Å². The Labute approximate surface area is 122 Å². The number of nitrogens with zero attached hydrogens (tertiary/aromatic N) is 2. The Bertz CT molecular complexity index is 455. The van der Waals surface area contributed by atoms with Crippen LogP contribution in [0.1, 0.15) is 31.1 Å². The molecule has 4 heteroatoms. The van der Waals surface area contributed by atoms with Crippen molar-refractivity contribution in [2.24, 2.45) is 5.92 Å². The van der Waals surface area contributed by atoms with Crippen LogP contribution in [0.3, 0.4) is 0 Å². The molecule has 0 saturated carbocycles. The number of likely N-dealkylation sites (N-methyl/N-ethyl adjacent to an activating group) is 1. The average Bonchev–Trinajstić information content (AvgIpc) is 2.34. The van der Waals surface area contributed by atoms with E-state index in [1.807, 2.05) is 18.2 Å². The van der Waals surface area contributed by atoms with Gasteiger partial charge in [0.25, 0.3) is 0 Å². The van der Waals surface area contributed by atoms with Crippen LogP contribution in [-0.4, -0.2) is 44.4 Å². The van der Waals surface area contributed by atoms with Crippen LogP contribution < -0.4 is 10.6 Å². The van der Waals surface area contributed by atoms with E-state index in [-0.39, 0.29) is 5.78 Å². The van der Waals surface area contributed by atoms with Gasteiger partial charge < -0.3 is 15.5 Å². The van der Waals surface area contributed by atoms with Gasteiger partial charge in [-0.15, -0.1) is 0 Å². The van der Waals surface area contributed by atoms with Crippen LogP contribution in [0.5, 0.6) is 0 Å². The molecule has 1 aromatic rings. The molecule has 0 amide bonds. The molecule has 1 aromatic carbocycles. The monoisotopic (exact) mass is 277 g/mol. The predicted octanol–water partition coefficient (Wildman–Crippen LogP) is 2.50. The van der Waals surface area contributed by atoms with Gasteiger partial charge in [0.1, 0.15) is 0 Å². The molecule has 0 spiro atoms. The highest BCUT2D eigenvalue weighted by atomic mass is 16.1. The molecule has 4 nitrogen and oxygen atoms in total. The molecule has 20 heavy (non-hydrogen) atoms. The first kappa shape index (κ1) is 16.5. The Balaban J connectivity index is 3.00. The number of ketones is 1. The zero-order chi connectivity index (χ0) is 15.3. The highest BCUT2D eigenvalue weighted by Gasteiger charge is 2.12. The minimum atomic E-state index is 0.0152. The van der Waals surface area contributed by atoms with Gasteiger partial charge in [-0.2, -0.15) is 0 Å². The molecule has 0 heterocycles. The summed E-state index contributed by atoms with van der Waals surface area (Å²) in [5.74, 6) is 0.581. The van der Waals surface area contributed by atoms with Crippen molar-refractivity contribution >= 4 is 17.2 Å². The first-order valence-corrected chi connectivity index (χ1v) is 7.11.